The molecular formula is C25H40N4O6. The number of nitrogens with zero attached hydrogens (tertiary/aromatic N) is 1. The smallest absolute Gasteiger partial charge is 0.318 e. The van der Waals surface area contributed by atoms with Gasteiger partial charge in [0, 0.05) is 19.5 Å². The zero-order valence-electron chi connectivity index (χ0n) is 21.0. The zero-order valence-corrected chi connectivity index (χ0v) is 21.0. The zero-order chi connectivity index (χ0) is 25.4. The molecule has 1 heterocycles. The number of hydrogen-bond acceptors (Lipinski definition) is 6. The second-order valence-electron chi connectivity index (χ2n) is 10.4. The number of carbonyl (C=O) groups is 5. The van der Waals surface area contributed by atoms with Gasteiger partial charge in [-0.15, -0.1) is 0 Å². The number of amides is 4. The highest BCUT2D eigenvalue weighted by Gasteiger charge is 2.44. The Balaban J connectivity index is 1.71. The first kappa shape index (κ1) is 27.1. The number of rotatable bonds is 8. The van der Waals surface area contributed by atoms with Gasteiger partial charge in [0.2, 0.25) is 11.7 Å². The van der Waals surface area contributed by atoms with Gasteiger partial charge in [-0.1, -0.05) is 39.5 Å². The molecule has 0 unspecified atom stereocenters. The summed E-state index contributed by atoms with van der Waals surface area (Å²) < 4.78 is 5.31. The number of urea groups is 1. The van der Waals surface area contributed by atoms with Gasteiger partial charge in [0.1, 0.15) is 5.54 Å². The van der Waals surface area contributed by atoms with Crippen molar-refractivity contribution in [1.29, 1.82) is 0 Å². The van der Waals surface area contributed by atoms with Gasteiger partial charge in [-0.3, -0.25) is 19.2 Å². The van der Waals surface area contributed by atoms with E-state index in [9.17, 15) is 24.0 Å². The predicted molar refractivity (Wildman–Crippen MR) is 129 cm³/mol. The van der Waals surface area contributed by atoms with Gasteiger partial charge in [-0.2, -0.15) is 0 Å². The van der Waals surface area contributed by atoms with Crippen LogP contribution in [-0.4, -0.2) is 78.2 Å². The molecule has 3 N–H and O–H groups in total. The first-order valence-electron chi connectivity index (χ1n) is 13.0. The summed E-state index contributed by atoms with van der Waals surface area (Å²) in [6.45, 7) is 5.64. The van der Waals surface area contributed by atoms with Crippen molar-refractivity contribution >= 4 is 29.4 Å². The Morgan fingerprint density at radius 3 is 2.34 bits per heavy atom. The van der Waals surface area contributed by atoms with Gasteiger partial charge in [-0.25, -0.2) is 4.79 Å². The predicted octanol–water partition coefficient (Wildman–Crippen LogP) is 1.46. The van der Waals surface area contributed by atoms with E-state index in [1.165, 1.54) is 0 Å². The molecule has 1 saturated heterocycles. The van der Waals surface area contributed by atoms with Gasteiger partial charge in [-0.05, 0) is 38.0 Å². The number of morpholine rings is 1. The first-order valence-corrected chi connectivity index (χ1v) is 13.0. The van der Waals surface area contributed by atoms with Gasteiger partial charge in [0.25, 0.3) is 5.91 Å². The third-order valence-electron chi connectivity index (χ3n) is 7.20. The third-order valence-corrected chi connectivity index (χ3v) is 7.20. The Labute approximate surface area is 207 Å². The van der Waals surface area contributed by atoms with E-state index >= 15 is 0 Å². The fourth-order valence-corrected chi connectivity index (χ4v) is 5.14. The van der Waals surface area contributed by atoms with Crippen molar-refractivity contribution in [3.63, 3.8) is 0 Å². The summed E-state index contributed by atoms with van der Waals surface area (Å²) in [5.41, 5.74) is -1.13. The SMILES string of the molecule is CC(C)C[C@H](NC(=O)C1(NC(=O)N2CCOCC2)CCCCC1)C(=O)C(=O)N[C@@H]1CCCCC1=O. The van der Waals surface area contributed by atoms with Gasteiger partial charge in [0.15, 0.2) is 5.78 Å². The van der Waals surface area contributed by atoms with Crippen LogP contribution in [0.1, 0.15) is 78.1 Å². The van der Waals surface area contributed by atoms with E-state index in [-0.39, 0.29) is 24.2 Å². The van der Waals surface area contributed by atoms with Crippen LogP contribution in [0.5, 0.6) is 0 Å². The second-order valence-corrected chi connectivity index (χ2v) is 10.4. The van der Waals surface area contributed by atoms with E-state index in [1.54, 1.807) is 4.90 Å². The van der Waals surface area contributed by atoms with Gasteiger partial charge in [0.05, 0.1) is 25.3 Å². The molecule has 3 rings (SSSR count). The summed E-state index contributed by atoms with van der Waals surface area (Å²) in [5, 5.41) is 8.35. The van der Waals surface area contributed by atoms with E-state index in [2.05, 4.69) is 16.0 Å². The molecule has 0 aromatic heterocycles. The minimum absolute atomic E-state index is 0.0404. The van der Waals surface area contributed by atoms with Crippen molar-refractivity contribution < 1.29 is 28.7 Å². The number of nitrogens with one attached hydrogen (secondary N) is 3. The van der Waals surface area contributed by atoms with Crippen LogP contribution in [-0.2, 0) is 23.9 Å². The molecule has 2 atom stereocenters. The lowest BCUT2D eigenvalue weighted by Crippen LogP contribution is -2.65. The van der Waals surface area contributed by atoms with Crippen LogP contribution in [0.3, 0.4) is 0 Å². The molecule has 2 aliphatic carbocycles. The monoisotopic (exact) mass is 492 g/mol. The Bertz CT molecular complexity index is 802. The fraction of sp³-hybridized carbons (Fsp3) is 0.800. The summed E-state index contributed by atoms with van der Waals surface area (Å²) in [5.74, 6) is -2.05. The van der Waals surface area contributed by atoms with Crippen LogP contribution in [0, 0.1) is 5.92 Å². The highest BCUT2D eigenvalue weighted by molar-refractivity contribution is 6.38. The average molecular weight is 493 g/mol. The van der Waals surface area contributed by atoms with Crippen molar-refractivity contribution in [2.75, 3.05) is 26.3 Å². The van der Waals surface area contributed by atoms with Crippen LogP contribution in [0.4, 0.5) is 4.79 Å². The van der Waals surface area contributed by atoms with Crippen molar-refractivity contribution in [2.24, 2.45) is 5.92 Å². The lowest BCUT2D eigenvalue weighted by Gasteiger charge is -2.39. The quantitative estimate of drug-likeness (QED) is 0.439. The van der Waals surface area contributed by atoms with Crippen molar-refractivity contribution in [1.82, 2.24) is 20.9 Å². The van der Waals surface area contributed by atoms with Gasteiger partial charge >= 0.3 is 6.03 Å². The molecule has 0 radical (unpaired) electrons. The molecule has 3 aliphatic rings. The number of ether oxygens (including phenoxy) is 1. The number of ketones is 2. The second kappa shape index (κ2) is 12.5. The molecule has 0 aromatic rings. The van der Waals surface area contributed by atoms with Crippen LogP contribution < -0.4 is 16.0 Å². The van der Waals surface area contributed by atoms with E-state index in [0.717, 1.165) is 32.1 Å². The first-order chi connectivity index (χ1) is 16.7. The Hall–Kier alpha value is -2.49. The number of carbonyl (C=O) groups excluding carboxylic acids is 5. The third kappa shape index (κ3) is 7.25. The molecule has 10 heteroatoms. The Morgan fingerprint density at radius 1 is 1.03 bits per heavy atom. The minimum atomic E-state index is -1.13. The lowest BCUT2D eigenvalue weighted by molar-refractivity contribution is -0.142. The van der Waals surface area contributed by atoms with Crippen LogP contribution in [0.2, 0.25) is 0 Å². The molecule has 3 fully saturated rings. The maximum Gasteiger partial charge on any atom is 0.318 e. The van der Waals surface area contributed by atoms with Crippen LogP contribution in [0.25, 0.3) is 0 Å². The molecule has 2 saturated carbocycles. The molecular weight excluding hydrogens is 452 g/mol. The highest BCUT2D eigenvalue weighted by Crippen LogP contribution is 2.29. The summed E-state index contributed by atoms with van der Waals surface area (Å²) in [6.07, 6.45) is 6.30. The topological polar surface area (TPSA) is 134 Å². The summed E-state index contributed by atoms with van der Waals surface area (Å²) >= 11 is 0. The standard InChI is InChI=1S/C25H40N4O6/c1-17(2)16-19(21(31)22(32)26-18-8-4-5-9-20(18)30)27-23(33)25(10-6-3-7-11-25)28-24(34)29-12-14-35-15-13-29/h17-19H,3-16H2,1-2H3,(H,26,32)(H,27,33)(H,28,34)/t18-,19+/m1/s1. The molecule has 35 heavy (non-hydrogen) atoms. The minimum Gasteiger partial charge on any atom is -0.378 e. The van der Waals surface area contributed by atoms with E-state index < -0.39 is 35.2 Å². The number of Topliss-reactive ketones (excluding diaryl/α,β-unsaturated/α-hetero) is 2. The van der Waals surface area contributed by atoms with E-state index in [1.807, 2.05) is 13.8 Å². The van der Waals surface area contributed by atoms with Crippen molar-refractivity contribution in [3.8, 4) is 0 Å². The molecule has 4 amide bonds. The summed E-state index contributed by atoms with van der Waals surface area (Å²) in [7, 11) is 0. The fourth-order valence-electron chi connectivity index (χ4n) is 5.14. The van der Waals surface area contributed by atoms with Crippen LogP contribution >= 0.6 is 0 Å². The Kier molecular flexibility index (Phi) is 9.65. The number of hydrogen-bond donors (Lipinski definition) is 3. The summed E-state index contributed by atoms with van der Waals surface area (Å²) in [4.78, 5) is 66.1. The normalized spacial score (nSPS) is 23.3. The van der Waals surface area contributed by atoms with Gasteiger partial charge < -0.3 is 25.6 Å². The molecule has 0 spiro atoms. The maximum atomic E-state index is 13.6. The van der Waals surface area contributed by atoms with E-state index in [0.29, 0.717) is 52.0 Å². The molecule has 0 bridgehead atoms. The van der Waals surface area contributed by atoms with Crippen molar-refractivity contribution in [2.45, 2.75) is 95.7 Å². The van der Waals surface area contributed by atoms with E-state index in [4.69, 9.17) is 4.74 Å². The van der Waals surface area contributed by atoms with Crippen LogP contribution in [0.15, 0.2) is 0 Å². The molecule has 0 aromatic carbocycles. The van der Waals surface area contributed by atoms with Crippen molar-refractivity contribution in [3.05, 3.63) is 0 Å². The molecule has 1 aliphatic heterocycles. The lowest BCUT2D eigenvalue weighted by atomic mass is 9.80. The maximum absolute atomic E-state index is 13.6. The molecule has 10 nitrogen and oxygen atoms in total. The average Bonchev–Trinajstić information content (AvgIpc) is 2.85. The largest absolute Gasteiger partial charge is 0.378 e. The summed E-state index contributed by atoms with van der Waals surface area (Å²) in [6, 6.07) is -1.99. The highest BCUT2D eigenvalue weighted by atomic mass is 16.5. The Morgan fingerprint density at radius 2 is 1.71 bits per heavy atom. The molecule has 196 valence electrons.